The maximum absolute atomic E-state index is 13.3. The molecule has 0 saturated heterocycles. The molecule has 128 valence electrons. The second-order valence-electron chi connectivity index (χ2n) is 4.50. The Hall–Kier alpha value is -2.43. The average molecular weight is 360 g/mol. The Bertz CT molecular complexity index is 842. The van der Waals surface area contributed by atoms with E-state index < -0.39 is 40.0 Å². The first-order valence-electron chi connectivity index (χ1n) is 6.42. The zero-order chi connectivity index (χ0) is 17.7. The fraction of sp³-hybridized carbons (Fsp3) is 0.0714. The molecule has 10 heteroatoms. The van der Waals surface area contributed by atoms with Gasteiger partial charge >= 0.3 is 0 Å². The van der Waals surface area contributed by atoms with Crippen LogP contribution in [0.4, 0.5) is 18.9 Å². The Morgan fingerprint density at radius 2 is 1.62 bits per heavy atom. The molecule has 1 amide bonds. The quantitative estimate of drug-likeness (QED) is 0.772. The molecule has 0 radical (unpaired) electrons. The molecular formula is C14H11F3N2O4S. The van der Waals surface area contributed by atoms with Gasteiger partial charge in [0.15, 0.2) is 0 Å². The third kappa shape index (κ3) is 4.78. The first kappa shape index (κ1) is 17.9. The lowest BCUT2D eigenvalue weighted by molar-refractivity contribution is -0.121. The summed E-state index contributed by atoms with van der Waals surface area (Å²) in [6, 6.07) is 6.43. The molecule has 0 aliphatic rings. The summed E-state index contributed by atoms with van der Waals surface area (Å²) in [6.07, 6.45) is 0. The highest BCUT2D eigenvalue weighted by Gasteiger charge is 2.15. The largest absolute Gasteiger partial charge is 0.321 e. The zero-order valence-electron chi connectivity index (χ0n) is 11.9. The van der Waals surface area contributed by atoms with E-state index in [0.717, 1.165) is 36.4 Å². The molecule has 6 nitrogen and oxygen atoms in total. The van der Waals surface area contributed by atoms with Crippen molar-refractivity contribution in [3.63, 3.8) is 0 Å². The molecule has 0 heterocycles. The van der Waals surface area contributed by atoms with E-state index in [1.54, 1.807) is 4.89 Å². The van der Waals surface area contributed by atoms with E-state index in [9.17, 15) is 26.4 Å². The monoisotopic (exact) mass is 360 g/mol. The number of nitrogens with one attached hydrogen (secondary N) is 2. The van der Waals surface area contributed by atoms with E-state index in [1.807, 2.05) is 0 Å². The van der Waals surface area contributed by atoms with Crippen molar-refractivity contribution < 1.29 is 31.2 Å². The van der Waals surface area contributed by atoms with E-state index in [0.29, 0.717) is 6.07 Å². The van der Waals surface area contributed by atoms with Crippen LogP contribution in [0, 0.1) is 17.5 Å². The number of anilines is 1. The average Bonchev–Trinajstić information content (AvgIpc) is 2.50. The summed E-state index contributed by atoms with van der Waals surface area (Å²) in [7, 11) is -4.10. The summed E-state index contributed by atoms with van der Waals surface area (Å²) >= 11 is 0. The van der Waals surface area contributed by atoms with Gasteiger partial charge in [-0.25, -0.2) is 21.6 Å². The summed E-state index contributed by atoms with van der Waals surface area (Å²) in [5, 5.41) is 2.08. The predicted molar refractivity (Wildman–Crippen MR) is 77.7 cm³/mol. The molecule has 0 fully saturated rings. The van der Waals surface area contributed by atoms with Gasteiger partial charge in [-0.2, -0.15) is 0 Å². The lowest BCUT2D eigenvalue weighted by atomic mass is 10.3. The molecule has 0 aliphatic heterocycles. The van der Waals surface area contributed by atoms with Crippen LogP contribution in [0.2, 0.25) is 0 Å². The van der Waals surface area contributed by atoms with Gasteiger partial charge in [0, 0.05) is 6.07 Å². The number of rotatable bonds is 6. The molecule has 0 unspecified atom stereocenters. The maximum atomic E-state index is 13.3. The second-order valence-corrected chi connectivity index (χ2v) is 6.15. The standard InChI is InChI=1S/C14H11F3N2O4S/c15-9-1-4-11(5-2-9)24(21,22)19-23-8-14(20)18-13-6-3-10(16)7-12(13)17/h1-7,19H,8H2,(H,18,20). The van der Waals surface area contributed by atoms with E-state index in [-0.39, 0.29) is 10.6 Å². The van der Waals surface area contributed by atoms with Crippen molar-refractivity contribution in [1.82, 2.24) is 4.89 Å². The SMILES string of the molecule is O=C(CONS(=O)(=O)c1ccc(F)cc1)Nc1ccc(F)cc1F. The number of hydrogen-bond donors (Lipinski definition) is 2. The van der Waals surface area contributed by atoms with Crippen LogP contribution in [-0.4, -0.2) is 20.9 Å². The number of carbonyl (C=O) groups excluding carboxylic acids is 1. The molecular weight excluding hydrogens is 349 g/mol. The molecule has 2 aromatic carbocycles. The Kier molecular flexibility index (Phi) is 5.54. The maximum Gasteiger partial charge on any atom is 0.262 e. The van der Waals surface area contributed by atoms with Crippen LogP contribution in [0.3, 0.4) is 0 Å². The van der Waals surface area contributed by atoms with E-state index in [4.69, 9.17) is 0 Å². The molecule has 24 heavy (non-hydrogen) atoms. The van der Waals surface area contributed by atoms with Gasteiger partial charge in [-0.1, -0.05) is 4.89 Å². The lowest BCUT2D eigenvalue weighted by Crippen LogP contribution is -2.29. The van der Waals surface area contributed by atoms with Crippen molar-refractivity contribution >= 4 is 21.6 Å². The molecule has 2 rings (SSSR count). The third-order valence-corrected chi connectivity index (χ3v) is 3.93. The van der Waals surface area contributed by atoms with E-state index in [1.165, 1.54) is 0 Å². The normalized spacial score (nSPS) is 11.3. The molecule has 0 atom stereocenters. The number of carbonyl (C=O) groups is 1. The third-order valence-electron chi connectivity index (χ3n) is 2.70. The summed E-state index contributed by atoms with van der Waals surface area (Å²) in [6.45, 7) is -0.767. The number of hydrogen-bond acceptors (Lipinski definition) is 4. The molecule has 2 aromatic rings. The number of amides is 1. The van der Waals surface area contributed by atoms with Gasteiger partial charge in [-0.15, -0.1) is 0 Å². The summed E-state index contributed by atoms with van der Waals surface area (Å²) < 4.78 is 62.4. The number of sulfonamides is 1. The molecule has 0 bridgehead atoms. The van der Waals surface area contributed by atoms with Crippen LogP contribution >= 0.6 is 0 Å². The van der Waals surface area contributed by atoms with Crippen LogP contribution < -0.4 is 10.2 Å². The summed E-state index contributed by atoms with van der Waals surface area (Å²) in [5.41, 5.74) is -0.286. The Labute approximate surface area is 135 Å². The Balaban J connectivity index is 1.89. The fourth-order valence-electron chi connectivity index (χ4n) is 1.61. The minimum absolute atomic E-state index is 0.270. The van der Waals surface area contributed by atoms with Gasteiger partial charge in [0.05, 0.1) is 10.6 Å². The smallest absolute Gasteiger partial charge is 0.262 e. The lowest BCUT2D eigenvalue weighted by Gasteiger charge is -2.08. The van der Waals surface area contributed by atoms with Gasteiger partial charge in [-0.3, -0.25) is 9.63 Å². The summed E-state index contributed by atoms with van der Waals surface area (Å²) in [4.78, 5) is 17.5. The number of benzene rings is 2. The van der Waals surface area contributed by atoms with E-state index in [2.05, 4.69) is 10.2 Å². The van der Waals surface area contributed by atoms with E-state index >= 15 is 0 Å². The minimum Gasteiger partial charge on any atom is -0.321 e. The van der Waals surface area contributed by atoms with Crippen molar-refractivity contribution in [1.29, 1.82) is 0 Å². The van der Waals surface area contributed by atoms with Crippen LogP contribution in [0.25, 0.3) is 0 Å². The van der Waals surface area contributed by atoms with Gasteiger partial charge < -0.3 is 5.32 Å². The van der Waals surface area contributed by atoms with Crippen molar-refractivity contribution in [3.8, 4) is 0 Å². The molecule has 0 aromatic heterocycles. The summed E-state index contributed by atoms with van der Waals surface area (Å²) in [5.74, 6) is -3.29. The van der Waals surface area contributed by atoms with Crippen LogP contribution in [0.5, 0.6) is 0 Å². The van der Waals surface area contributed by atoms with Crippen molar-refractivity contribution in [2.75, 3.05) is 11.9 Å². The van der Waals surface area contributed by atoms with Gasteiger partial charge in [0.1, 0.15) is 24.1 Å². The minimum atomic E-state index is -4.10. The van der Waals surface area contributed by atoms with Crippen molar-refractivity contribution in [3.05, 3.63) is 59.9 Å². The molecule has 0 saturated carbocycles. The van der Waals surface area contributed by atoms with Gasteiger partial charge in [-0.05, 0) is 36.4 Å². The van der Waals surface area contributed by atoms with Crippen molar-refractivity contribution in [2.45, 2.75) is 4.90 Å². The fourth-order valence-corrected chi connectivity index (χ4v) is 2.42. The zero-order valence-corrected chi connectivity index (χ0v) is 12.7. The van der Waals surface area contributed by atoms with Gasteiger partial charge in [0.25, 0.3) is 15.9 Å². The molecule has 0 aliphatic carbocycles. The number of halogens is 3. The van der Waals surface area contributed by atoms with Gasteiger partial charge in [0.2, 0.25) is 0 Å². The topological polar surface area (TPSA) is 84.5 Å². The highest BCUT2D eigenvalue weighted by Crippen LogP contribution is 2.14. The Morgan fingerprint density at radius 1 is 1.00 bits per heavy atom. The first-order chi connectivity index (χ1) is 11.3. The first-order valence-corrected chi connectivity index (χ1v) is 7.90. The van der Waals surface area contributed by atoms with Crippen LogP contribution in [0.1, 0.15) is 0 Å². The van der Waals surface area contributed by atoms with Crippen LogP contribution in [-0.2, 0) is 19.7 Å². The van der Waals surface area contributed by atoms with Crippen molar-refractivity contribution in [2.24, 2.45) is 0 Å². The highest BCUT2D eigenvalue weighted by molar-refractivity contribution is 7.89. The molecule has 2 N–H and O–H groups in total. The predicted octanol–water partition coefficient (Wildman–Crippen LogP) is 1.95. The Morgan fingerprint density at radius 3 is 2.25 bits per heavy atom. The molecule has 0 spiro atoms. The second kappa shape index (κ2) is 7.43. The highest BCUT2D eigenvalue weighted by atomic mass is 32.2. The van der Waals surface area contributed by atoms with Crippen LogP contribution in [0.15, 0.2) is 47.4 Å².